The Labute approximate surface area is 154 Å². The molecule has 24 heavy (non-hydrogen) atoms. The summed E-state index contributed by atoms with van der Waals surface area (Å²) in [6.07, 6.45) is 15.1. The van der Waals surface area contributed by atoms with Crippen molar-refractivity contribution in [3.8, 4) is 0 Å². The van der Waals surface area contributed by atoms with Gasteiger partial charge in [-0.05, 0) is 25.2 Å². The van der Waals surface area contributed by atoms with Gasteiger partial charge < -0.3 is 4.43 Å². The largest absolute Gasteiger partial charge is 0.520 e. The summed E-state index contributed by atoms with van der Waals surface area (Å²) in [4.78, 5) is 12.0. The zero-order chi connectivity index (χ0) is 18.5. The van der Waals surface area contributed by atoms with Crippen LogP contribution in [0.3, 0.4) is 0 Å². The summed E-state index contributed by atoms with van der Waals surface area (Å²) in [7, 11) is -2.93. The van der Waals surface area contributed by atoms with Crippen molar-refractivity contribution in [3.63, 3.8) is 0 Å². The van der Waals surface area contributed by atoms with Gasteiger partial charge in [0.1, 0.15) is 0 Å². The maximum atomic E-state index is 12.0. The van der Waals surface area contributed by atoms with E-state index in [4.69, 9.17) is 4.43 Å². The maximum absolute atomic E-state index is 12.0. The van der Waals surface area contributed by atoms with E-state index in [-0.39, 0.29) is 5.97 Å². The van der Waals surface area contributed by atoms with Gasteiger partial charge in [-0.2, -0.15) is 0 Å². The van der Waals surface area contributed by atoms with Gasteiger partial charge in [0, 0.05) is 14.5 Å². The van der Waals surface area contributed by atoms with E-state index in [1.54, 1.807) is 0 Å². The molecule has 0 fully saturated rings. The van der Waals surface area contributed by atoms with E-state index in [1.165, 1.54) is 69.9 Å². The molecule has 0 spiro atoms. The van der Waals surface area contributed by atoms with E-state index in [0.29, 0.717) is 6.42 Å². The molecule has 0 rings (SSSR count). The first-order chi connectivity index (χ1) is 11.2. The molecule has 2 nitrogen and oxygen atoms in total. The highest BCUT2D eigenvalue weighted by molar-refractivity contribution is 6.92. The molecule has 0 aromatic heterocycles. The average molecular weight is 373 g/mol. The number of carbonyl (C=O) groups excluding carboxylic acids is 1. The smallest absolute Gasteiger partial charge is 0.292 e. The van der Waals surface area contributed by atoms with Crippen molar-refractivity contribution in [2.24, 2.45) is 0 Å². The summed E-state index contributed by atoms with van der Waals surface area (Å²) < 4.78 is 5.84. The Morgan fingerprint density at radius 1 is 0.708 bits per heavy atom. The van der Waals surface area contributed by atoms with Crippen LogP contribution in [0.1, 0.15) is 84.0 Å². The minimum absolute atomic E-state index is 0.0563. The van der Waals surface area contributed by atoms with Crippen molar-refractivity contribution in [1.29, 1.82) is 0 Å². The monoisotopic (exact) mass is 372 g/mol. The molecule has 0 saturated carbocycles. The molecule has 0 aromatic rings. The second-order valence-corrected chi connectivity index (χ2v) is 19.5. The van der Waals surface area contributed by atoms with Gasteiger partial charge in [0.2, 0.25) is 8.32 Å². The SMILES string of the molecule is CCCCCCCCCCCCCC(=O)O[Si](C)(C)C[Si](C)(C)C. The number of unbranched alkanes of at least 4 members (excludes halogenated alkanes) is 10. The Kier molecular flexibility index (Phi) is 13.1. The summed E-state index contributed by atoms with van der Waals surface area (Å²) in [6, 6.07) is 0. The predicted octanol–water partition coefficient (Wildman–Crippen LogP) is 7.31. The van der Waals surface area contributed by atoms with Gasteiger partial charge in [0.15, 0.2) is 0 Å². The fourth-order valence-corrected chi connectivity index (χ4v) is 14.8. The van der Waals surface area contributed by atoms with Crippen LogP contribution in [0.25, 0.3) is 0 Å². The van der Waals surface area contributed by atoms with Gasteiger partial charge >= 0.3 is 0 Å². The number of hydrogen-bond donors (Lipinski definition) is 0. The molecular weight excluding hydrogens is 328 g/mol. The molecular formula is C20H44O2Si2. The summed E-state index contributed by atoms with van der Waals surface area (Å²) in [5.74, 6) is 0.0563. The Bertz CT molecular complexity index is 322. The highest BCUT2D eigenvalue weighted by atomic mass is 28.4. The molecule has 0 bridgehead atoms. The lowest BCUT2D eigenvalue weighted by molar-refractivity contribution is -0.135. The van der Waals surface area contributed by atoms with Crippen molar-refractivity contribution < 1.29 is 9.22 Å². The van der Waals surface area contributed by atoms with Gasteiger partial charge in [0.05, 0.1) is 0 Å². The van der Waals surface area contributed by atoms with E-state index in [9.17, 15) is 4.79 Å². The van der Waals surface area contributed by atoms with E-state index < -0.39 is 16.4 Å². The van der Waals surface area contributed by atoms with Gasteiger partial charge in [-0.3, -0.25) is 4.79 Å². The second-order valence-electron chi connectivity index (χ2n) is 9.26. The summed E-state index contributed by atoms with van der Waals surface area (Å²) in [5, 5.41) is 0. The number of hydrogen-bond acceptors (Lipinski definition) is 2. The first-order valence-electron chi connectivity index (χ1n) is 10.4. The molecule has 0 amide bonds. The third kappa shape index (κ3) is 16.8. The van der Waals surface area contributed by atoms with E-state index in [0.717, 1.165) is 6.42 Å². The molecule has 0 saturated heterocycles. The molecule has 0 heterocycles. The second kappa shape index (κ2) is 13.2. The van der Waals surface area contributed by atoms with E-state index in [1.807, 2.05) is 0 Å². The van der Waals surface area contributed by atoms with Gasteiger partial charge in [-0.15, -0.1) is 0 Å². The fourth-order valence-electron chi connectivity index (χ4n) is 3.61. The molecule has 4 heteroatoms. The molecule has 0 atom stereocenters. The summed E-state index contributed by atoms with van der Waals surface area (Å²) >= 11 is 0. The highest BCUT2D eigenvalue weighted by Crippen LogP contribution is 2.21. The lowest BCUT2D eigenvalue weighted by Gasteiger charge is -2.28. The van der Waals surface area contributed by atoms with E-state index >= 15 is 0 Å². The van der Waals surface area contributed by atoms with Crippen molar-refractivity contribution >= 4 is 22.4 Å². The molecule has 0 N–H and O–H groups in total. The highest BCUT2D eigenvalue weighted by Gasteiger charge is 2.33. The van der Waals surface area contributed by atoms with Crippen molar-refractivity contribution in [2.45, 2.75) is 122 Å². The van der Waals surface area contributed by atoms with Crippen LogP contribution in [0.4, 0.5) is 0 Å². The third-order valence-corrected chi connectivity index (χ3v) is 12.8. The van der Waals surface area contributed by atoms with Crippen molar-refractivity contribution in [2.75, 3.05) is 0 Å². The zero-order valence-corrected chi connectivity index (χ0v) is 19.5. The van der Waals surface area contributed by atoms with Gasteiger partial charge in [0.25, 0.3) is 5.97 Å². The van der Waals surface area contributed by atoms with Crippen LogP contribution in [-0.4, -0.2) is 22.4 Å². The van der Waals surface area contributed by atoms with Gasteiger partial charge in [-0.25, -0.2) is 0 Å². The standard InChI is InChI=1S/C20H44O2Si2/c1-7-8-9-10-11-12-13-14-15-16-17-18-20(21)22-24(5,6)19-23(2,3)4/h7-19H2,1-6H3. The number of carbonyl (C=O) groups is 1. The van der Waals surface area contributed by atoms with Crippen LogP contribution in [0.5, 0.6) is 0 Å². The Morgan fingerprint density at radius 2 is 1.12 bits per heavy atom. The Hall–Kier alpha value is -0.0962. The lowest BCUT2D eigenvalue weighted by Crippen LogP contribution is -2.41. The Balaban J connectivity index is 3.53. The maximum Gasteiger partial charge on any atom is 0.292 e. The Morgan fingerprint density at radius 3 is 1.54 bits per heavy atom. The molecule has 0 aliphatic heterocycles. The molecule has 0 aromatic carbocycles. The van der Waals surface area contributed by atoms with Crippen LogP contribution in [0, 0.1) is 0 Å². The quantitative estimate of drug-likeness (QED) is 0.222. The number of rotatable bonds is 15. The first kappa shape index (κ1) is 23.9. The molecule has 0 aliphatic rings. The van der Waals surface area contributed by atoms with Crippen molar-refractivity contribution in [3.05, 3.63) is 0 Å². The average Bonchev–Trinajstić information content (AvgIpc) is 2.41. The van der Waals surface area contributed by atoms with Crippen molar-refractivity contribution in [1.82, 2.24) is 0 Å². The fraction of sp³-hybridized carbons (Fsp3) is 0.950. The lowest BCUT2D eigenvalue weighted by atomic mass is 10.1. The van der Waals surface area contributed by atoms with Crippen LogP contribution in [0.2, 0.25) is 38.4 Å². The van der Waals surface area contributed by atoms with Crippen LogP contribution in [-0.2, 0) is 9.22 Å². The predicted molar refractivity (Wildman–Crippen MR) is 113 cm³/mol. The van der Waals surface area contributed by atoms with E-state index in [2.05, 4.69) is 39.7 Å². The zero-order valence-electron chi connectivity index (χ0n) is 17.5. The molecule has 0 unspecified atom stereocenters. The first-order valence-corrected chi connectivity index (χ1v) is 17.2. The third-order valence-electron chi connectivity index (χ3n) is 4.33. The van der Waals surface area contributed by atoms with Crippen LogP contribution >= 0.6 is 0 Å². The van der Waals surface area contributed by atoms with Crippen LogP contribution in [0.15, 0.2) is 0 Å². The summed E-state index contributed by atoms with van der Waals surface area (Å²) in [6.45, 7) is 13.7. The molecule has 144 valence electrons. The minimum Gasteiger partial charge on any atom is -0.520 e. The summed E-state index contributed by atoms with van der Waals surface area (Å²) in [5.41, 5.74) is 1.17. The molecule has 0 radical (unpaired) electrons. The molecule has 0 aliphatic carbocycles. The topological polar surface area (TPSA) is 26.3 Å². The van der Waals surface area contributed by atoms with Gasteiger partial charge in [-0.1, -0.05) is 90.8 Å². The minimum atomic E-state index is -1.79. The van der Waals surface area contributed by atoms with Crippen LogP contribution < -0.4 is 0 Å². The normalized spacial score (nSPS) is 12.4.